The van der Waals surface area contributed by atoms with Gasteiger partial charge in [0.05, 0.1) is 6.10 Å². The molecule has 2 aromatic heterocycles. The first-order valence-corrected chi connectivity index (χ1v) is 6.37. The molecule has 1 N–H and O–H groups in total. The maximum Gasteiger partial charge on any atom is 0.129 e. The van der Waals surface area contributed by atoms with Crippen LogP contribution in [0.1, 0.15) is 35.3 Å². The summed E-state index contributed by atoms with van der Waals surface area (Å²) in [5.74, 6) is 0.0552. The second-order valence-corrected chi connectivity index (χ2v) is 4.94. The lowest BCUT2D eigenvalue weighted by atomic mass is 9.94. The maximum atomic E-state index is 10.5. The molecule has 18 heavy (non-hydrogen) atoms. The highest BCUT2D eigenvalue weighted by atomic mass is 35.5. The molecular weight excluding hydrogens is 248 g/mol. The van der Waals surface area contributed by atoms with Crippen molar-refractivity contribution in [2.45, 2.75) is 24.9 Å². The molecule has 0 bridgehead atoms. The summed E-state index contributed by atoms with van der Waals surface area (Å²) in [4.78, 5) is 8.33. The standard InChI is InChI=1S/C14H13ClN2O/c15-12-8-10(5-7-16-12)14(18)11-4-3-9-2-1-6-17-13(9)11/h1-2,5-8,11,14,18H,3-4H2. The second kappa shape index (κ2) is 4.67. The van der Waals surface area contributed by atoms with E-state index >= 15 is 0 Å². The predicted molar refractivity (Wildman–Crippen MR) is 69.5 cm³/mol. The number of halogens is 1. The average Bonchev–Trinajstić information content (AvgIpc) is 2.82. The highest BCUT2D eigenvalue weighted by molar-refractivity contribution is 6.29. The van der Waals surface area contributed by atoms with Crippen LogP contribution in [-0.2, 0) is 6.42 Å². The fraction of sp³-hybridized carbons (Fsp3) is 0.286. The van der Waals surface area contributed by atoms with Crippen molar-refractivity contribution in [2.75, 3.05) is 0 Å². The molecule has 4 heteroatoms. The maximum absolute atomic E-state index is 10.5. The molecule has 1 aliphatic carbocycles. The monoisotopic (exact) mass is 260 g/mol. The summed E-state index contributed by atoms with van der Waals surface area (Å²) in [5, 5.41) is 10.9. The molecule has 0 fully saturated rings. The Labute approximate surface area is 110 Å². The molecule has 0 spiro atoms. The molecule has 0 amide bonds. The summed E-state index contributed by atoms with van der Waals surface area (Å²) in [5.41, 5.74) is 3.05. The van der Waals surface area contributed by atoms with Crippen molar-refractivity contribution in [3.63, 3.8) is 0 Å². The molecule has 3 nitrogen and oxygen atoms in total. The van der Waals surface area contributed by atoms with Gasteiger partial charge in [-0.1, -0.05) is 17.7 Å². The van der Waals surface area contributed by atoms with Crippen LogP contribution >= 0.6 is 11.6 Å². The van der Waals surface area contributed by atoms with E-state index in [4.69, 9.17) is 11.6 Å². The Morgan fingerprint density at radius 1 is 1.28 bits per heavy atom. The zero-order valence-corrected chi connectivity index (χ0v) is 10.5. The van der Waals surface area contributed by atoms with Crippen LogP contribution in [0.4, 0.5) is 0 Å². The van der Waals surface area contributed by atoms with E-state index in [9.17, 15) is 5.11 Å². The minimum Gasteiger partial charge on any atom is -0.388 e. The highest BCUT2D eigenvalue weighted by Crippen LogP contribution is 2.40. The van der Waals surface area contributed by atoms with Crippen molar-refractivity contribution >= 4 is 11.6 Å². The summed E-state index contributed by atoms with van der Waals surface area (Å²) in [6.45, 7) is 0. The predicted octanol–water partition coefficient (Wildman–Crippen LogP) is 2.89. The lowest BCUT2D eigenvalue weighted by Gasteiger charge is -2.18. The Bertz CT molecular complexity index is 573. The van der Waals surface area contributed by atoms with E-state index in [0.29, 0.717) is 5.15 Å². The van der Waals surface area contributed by atoms with Crippen molar-refractivity contribution in [1.29, 1.82) is 0 Å². The van der Waals surface area contributed by atoms with Crippen molar-refractivity contribution < 1.29 is 5.11 Å². The van der Waals surface area contributed by atoms with Gasteiger partial charge in [0.25, 0.3) is 0 Å². The van der Waals surface area contributed by atoms with Crippen LogP contribution in [0.2, 0.25) is 5.15 Å². The fourth-order valence-corrected chi connectivity index (χ4v) is 2.77. The van der Waals surface area contributed by atoms with Gasteiger partial charge in [0.1, 0.15) is 5.15 Å². The van der Waals surface area contributed by atoms with Crippen LogP contribution in [0.25, 0.3) is 0 Å². The Morgan fingerprint density at radius 2 is 2.17 bits per heavy atom. The van der Waals surface area contributed by atoms with Gasteiger partial charge in [-0.3, -0.25) is 4.98 Å². The lowest BCUT2D eigenvalue weighted by Crippen LogP contribution is -2.09. The molecule has 3 rings (SSSR count). The molecule has 2 heterocycles. The minimum absolute atomic E-state index is 0.0552. The van der Waals surface area contributed by atoms with Crippen LogP contribution in [0.3, 0.4) is 0 Å². The molecular formula is C14H13ClN2O. The number of pyridine rings is 2. The van der Waals surface area contributed by atoms with Crippen molar-refractivity contribution in [3.05, 3.63) is 58.6 Å². The molecule has 2 atom stereocenters. The van der Waals surface area contributed by atoms with Crippen LogP contribution in [0.15, 0.2) is 36.7 Å². The van der Waals surface area contributed by atoms with Gasteiger partial charge in [0.2, 0.25) is 0 Å². The van der Waals surface area contributed by atoms with E-state index in [1.165, 1.54) is 5.56 Å². The number of hydrogen-bond acceptors (Lipinski definition) is 3. The molecule has 0 radical (unpaired) electrons. The zero-order valence-electron chi connectivity index (χ0n) is 9.75. The van der Waals surface area contributed by atoms with Gasteiger partial charge in [0.15, 0.2) is 0 Å². The van der Waals surface area contributed by atoms with Crippen molar-refractivity contribution in [3.8, 4) is 0 Å². The Morgan fingerprint density at radius 3 is 3.00 bits per heavy atom. The molecule has 0 saturated carbocycles. The summed E-state index contributed by atoms with van der Waals surface area (Å²) in [6.07, 6.45) is 4.73. The normalized spacial score (nSPS) is 19.6. The second-order valence-electron chi connectivity index (χ2n) is 4.55. The summed E-state index contributed by atoms with van der Waals surface area (Å²) in [6, 6.07) is 7.54. The van der Waals surface area contributed by atoms with Gasteiger partial charge >= 0.3 is 0 Å². The first-order valence-electron chi connectivity index (χ1n) is 5.99. The van der Waals surface area contributed by atoms with E-state index in [-0.39, 0.29) is 5.92 Å². The van der Waals surface area contributed by atoms with E-state index in [0.717, 1.165) is 24.1 Å². The largest absolute Gasteiger partial charge is 0.388 e. The number of fused-ring (bicyclic) bond motifs is 1. The summed E-state index contributed by atoms with van der Waals surface area (Å²) >= 11 is 5.86. The lowest BCUT2D eigenvalue weighted by molar-refractivity contribution is 0.143. The summed E-state index contributed by atoms with van der Waals surface area (Å²) in [7, 11) is 0. The Hall–Kier alpha value is -1.45. The Balaban J connectivity index is 1.93. The van der Waals surface area contributed by atoms with Crippen LogP contribution in [0.5, 0.6) is 0 Å². The van der Waals surface area contributed by atoms with E-state index < -0.39 is 6.10 Å². The van der Waals surface area contributed by atoms with Gasteiger partial charge < -0.3 is 5.11 Å². The van der Waals surface area contributed by atoms with Gasteiger partial charge in [-0.05, 0) is 42.2 Å². The number of hydrogen-bond donors (Lipinski definition) is 1. The van der Waals surface area contributed by atoms with Crippen LogP contribution in [-0.4, -0.2) is 15.1 Å². The molecule has 0 aromatic carbocycles. The number of aromatic nitrogens is 2. The van der Waals surface area contributed by atoms with E-state index in [1.54, 1.807) is 24.5 Å². The third-order valence-corrected chi connectivity index (χ3v) is 3.68. The SMILES string of the molecule is OC(c1ccnc(Cl)c1)C1CCc2cccnc21. The molecule has 0 saturated heterocycles. The van der Waals surface area contributed by atoms with Crippen molar-refractivity contribution in [2.24, 2.45) is 0 Å². The average molecular weight is 261 g/mol. The number of nitrogens with zero attached hydrogens (tertiary/aromatic N) is 2. The molecule has 2 aromatic rings. The number of aryl methyl sites for hydroxylation is 1. The Kier molecular flexibility index (Phi) is 3.02. The van der Waals surface area contributed by atoms with Gasteiger partial charge in [-0.2, -0.15) is 0 Å². The van der Waals surface area contributed by atoms with Gasteiger partial charge in [0, 0.05) is 24.0 Å². The number of rotatable bonds is 2. The quantitative estimate of drug-likeness (QED) is 0.845. The topological polar surface area (TPSA) is 46.0 Å². The van der Waals surface area contributed by atoms with E-state index in [1.807, 2.05) is 6.07 Å². The van der Waals surface area contributed by atoms with Gasteiger partial charge in [-0.15, -0.1) is 0 Å². The number of aliphatic hydroxyl groups is 1. The van der Waals surface area contributed by atoms with Crippen LogP contribution in [0, 0.1) is 0 Å². The summed E-state index contributed by atoms with van der Waals surface area (Å²) < 4.78 is 0. The third kappa shape index (κ3) is 2.00. The zero-order chi connectivity index (χ0) is 12.5. The van der Waals surface area contributed by atoms with E-state index in [2.05, 4.69) is 16.0 Å². The first-order chi connectivity index (χ1) is 8.75. The first kappa shape index (κ1) is 11.6. The van der Waals surface area contributed by atoms with Crippen molar-refractivity contribution in [1.82, 2.24) is 9.97 Å². The minimum atomic E-state index is -0.568. The fourth-order valence-electron chi connectivity index (χ4n) is 2.58. The van der Waals surface area contributed by atoms with Crippen LogP contribution < -0.4 is 0 Å². The highest BCUT2D eigenvalue weighted by Gasteiger charge is 2.30. The molecule has 1 aliphatic rings. The van der Waals surface area contributed by atoms with Gasteiger partial charge in [-0.25, -0.2) is 4.98 Å². The molecule has 2 unspecified atom stereocenters. The molecule has 0 aliphatic heterocycles. The third-order valence-electron chi connectivity index (χ3n) is 3.48. The smallest absolute Gasteiger partial charge is 0.129 e. The number of aliphatic hydroxyl groups excluding tert-OH is 1. The molecule has 92 valence electrons.